The fourth-order valence-electron chi connectivity index (χ4n) is 7.84. The highest BCUT2D eigenvalue weighted by atomic mass is 32.1. The van der Waals surface area contributed by atoms with E-state index in [1.54, 1.807) is 0 Å². The van der Waals surface area contributed by atoms with Crippen LogP contribution in [0.1, 0.15) is 0 Å². The van der Waals surface area contributed by atoms with Crippen LogP contribution in [0.2, 0.25) is 0 Å². The normalized spacial score (nSPS) is 11.3. The summed E-state index contributed by atoms with van der Waals surface area (Å²) in [4.78, 5) is 4.88. The van der Waals surface area contributed by atoms with E-state index in [0.717, 1.165) is 39.7 Å². The van der Waals surface area contributed by atoms with E-state index < -0.39 is 0 Å². The first-order valence-corrected chi connectivity index (χ1v) is 19.5. The van der Waals surface area contributed by atoms with Crippen LogP contribution in [0.5, 0.6) is 0 Å². The molecule has 9 aromatic carbocycles. The van der Waals surface area contributed by atoms with Gasteiger partial charge >= 0.3 is 0 Å². The number of benzene rings is 9. The van der Waals surface area contributed by atoms with Gasteiger partial charge in [-0.05, 0) is 82.1 Å². The molecule has 0 aliphatic rings. The Balaban J connectivity index is 1.29. The van der Waals surface area contributed by atoms with E-state index in [1.807, 2.05) is 11.3 Å². The molecule has 55 heavy (non-hydrogen) atoms. The Morgan fingerprint density at radius 1 is 0.309 bits per heavy atom. The van der Waals surface area contributed by atoms with Gasteiger partial charge in [0.25, 0.3) is 0 Å². The standard InChI is InChI=1S/C52H36N2S/c1-5-17-37(18-6-1)38-29-32-43(33-30-38)53(41-22-9-3-10-23-41)50-36-51-47(46-34-31-40-21-13-14-27-45(40)52(46)55-51)35-49(50)54(42-24-11-4-12-25-42)48-28-16-15-26-44(48)39-19-7-2-8-20-39/h1-36H. The van der Waals surface area contributed by atoms with Crippen molar-refractivity contribution < 1.29 is 0 Å². The molecule has 0 N–H and O–H groups in total. The van der Waals surface area contributed by atoms with Gasteiger partial charge < -0.3 is 9.80 Å². The molecular weight excluding hydrogens is 685 g/mol. The molecule has 0 aliphatic carbocycles. The molecule has 0 unspecified atom stereocenters. The number of hydrogen-bond donors (Lipinski definition) is 0. The first-order chi connectivity index (χ1) is 27.3. The first kappa shape index (κ1) is 32.7. The highest BCUT2D eigenvalue weighted by Crippen LogP contribution is 2.51. The summed E-state index contributed by atoms with van der Waals surface area (Å²) >= 11 is 1.88. The van der Waals surface area contributed by atoms with Gasteiger partial charge in [-0.2, -0.15) is 0 Å². The van der Waals surface area contributed by atoms with E-state index in [0.29, 0.717) is 0 Å². The van der Waals surface area contributed by atoms with Crippen molar-refractivity contribution in [3.8, 4) is 22.3 Å². The van der Waals surface area contributed by atoms with Gasteiger partial charge in [0.15, 0.2) is 0 Å². The Morgan fingerprint density at radius 3 is 1.55 bits per heavy atom. The summed E-state index contributed by atoms with van der Waals surface area (Å²) in [7, 11) is 0. The Kier molecular flexibility index (Phi) is 8.40. The van der Waals surface area contributed by atoms with Crippen molar-refractivity contribution >= 4 is 76.4 Å². The van der Waals surface area contributed by atoms with Gasteiger partial charge in [0, 0.05) is 42.8 Å². The zero-order chi connectivity index (χ0) is 36.6. The van der Waals surface area contributed by atoms with Crippen molar-refractivity contribution in [3.05, 3.63) is 218 Å². The van der Waals surface area contributed by atoms with Crippen LogP contribution < -0.4 is 9.80 Å². The molecule has 10 rings (SSSR count). The van der Waals surface area contributed by atoms with E-state index in [9.17, 15) is 0 Å². The lowest BCUT2D eigenvalue weighted by atomic mass is 10.00. The maximum atomic E-state index is 2.45. The number of hydrogen-bond acceptors (Lipinski definition) is 3. The molecule has 0 bridgehead atoms. The van der Waals surface area contributed by atoms with Crippen molar-refractivity contribution in [2.24, 2.45) is 0 Å². The van der Waals surface area contributed by atoms with E-state index in [-0.39, 0.29) is 0 Å². The van der Waals surface area contributed by atoms with Crippen LogP contribution in [0.3, 0.4) is 0 Å². The lowest BCUT2D eigenvalue weighted by molar-refractivity contribution is 1.23. The number of thiophene rings is 1. The molecule has 0 aliphatic heterocycles. The fourth-order valence-corrected chi connectivity index (χ4v) is 9.09. The topological polar surface area (TPSA) is 6.48 Å². The lowest BCUT2D eigenvalue weighted by Crippen LogP contribution is -2.17. The molecule has 0 spiro atoms. The summed E-state index contributed by atoms with van der Waals surface area (Å²) < 4.78 is 2.56. The molecule has 260 valence electrons. The van der Waals surface area contributed by atoms with E-state index in [1.165, 1.54) is 47.6 Å². The predicted octanol–water partition coefficient (Wildman–Crippen LogP) is 15.5. The maximum Gasteiger partial charge on any atom is 0.0716 e. The van der Waals surface area contributed by atoms with Crippen molar-refractivity contribution in [2.75, 3.05) is 9.80 Å². The molecule has 1 heterocycles. The van der Waals surface area contributed by atoms with Crippen LogP contribution in [0.4, 0.5) is 34.1 Å². The van der Waals surface area contributed by atoms with Gasteiger partial charge in [0.1, 0.15) is 0 Å². The number of anilines is 6. The Morgan fingerprint density at radius 2 is 0.836 bits per heavy atom. The summed E-state index contributed by atoms with van der Waals surface area (Å²) in [5.74, 6) is 0. The average molecular weight is 721 g/mol. The lowest BCUT2D eigenvalue weighted by Gasteiger charge is -2.34. The molecule has 2 nitrogen and oxygen atoms in total. The second-order valence-electron chi connectivity index (χ2n) is 13.7. The first-order valence-electron chi connectivity index (χ1n) is 18.7. The van der Waals surface area contributed by atoms with Gasteiger partial charge in [-0.25, -0.2) is 0 Å². The number of nitrogens with zero attached hydrogens (tertiary/aromatic N) is 2. The fraction of sp³-hybridized carbons (Fsp3) is 0. The van der Waals surface area contributed by atoms with Gasteiger partial charge in [-0.1, -0.05) is 164 Å². The molecule has 3 heteroatoms. The summed E-state index contributed by atoms with van der Waals surface area (Å²) in [5.41, 5.74) is 11.3. The van der Waals surface area contributed by atoms with Gasteiger partial charge in [-0.3, -0.25) is 0 Å². The molecule has 0 fully saturated rings. The highest BCUT2D eigenvalue weighted by Gasteiger charge is 2.26. The smallest absolute Gasteiger partial charge is 0.0716 e. The van der Waals surface area contributed by atoms with Crippen LogP contribution in [-0.4, -0.2) is 0 Å². The molecule has 0 saturated carbocycles. The zero-order valence-electron chi connectivity index (χ0n) is 30.1. The third-order valence-corrected chi connectivity index (χ3v) is 11.6. The van der Waals surface area contributed by atoms with Crippen LogP contribution >= 0.6 is 11.3 Å². The SMILES string of the molecule is c1ccc(-c2ccc(N(c3ccccc3)c3cc4sc5c6ccccc6ccc5c4cc3N(c3ccccc3)c3ccccc3-c3ccccc3)cc2)cc1. The molecule has 0 amide bonds. The monoisotopic (exact) mass is 720 g/mol. The second-order valence-corrected chi connectivity index (χ2v) is 14.8. The Hall–Kier alpha value is -6.94. The van der Waals surface area contributed by atoms with Crippen molar-refractivity contribution in [2.45, 2.75) is 0 Å². The van der Waals surface area contributed by atoms with Crippen molar-refractivity contribution in [3.63, 3.8) is 0 Å². The minimum Gasteiger partial charge on any atom is -0.308 e. The Bertz CT molecular complexity index is 2900. The summed E-state index contributed by atoms with van der Waals surface area (Å²) in [5, 5.41) is 5.06. The van der Waals surface area contributed by atoms with Crippen molar-refractivity contribution in [1.29, 1.82) is 0 Å². The quantitative estimate of drug-likeness (QED) is 0.154. The van der Waals surface area contributed by atoms with Gasteiger partial charge in [0.05, 0.1) is 17.1 Å². The molecule has 0 saturated heterocycles. The molecule has 10 aromatic rings. The molecule has 0 radical (unpaired) electrons. The Labute approximate surface area is 325 Å². The number of para-hydroxylation sites is 3. The van der Waals surface area contributed by atoms with E-state index in [4.69, 9.17) is 0 Å². The van der Waals surface area contributed by atoms with Gasteiger partial charge in [0.2, 0.25) is 0 Å². The minimum absolute atomic E-state index is 1.09. The second kappa shape index (κ2) is 14.1. The van der Waals surface area contributed by atoms with E-state index >= 15 is 0 Å². The largest absolute Gasteiger partial charge is 0.308 e. The summed E-state index contributed by atoms with van der Waals surface area (Å²) in [6.45, 7) is 0. The highest BCUT2D eigenvalue weighted by molar-refractivity contribution is 7.26. The predicted molar refractivity (Wildman–Crippen MR) is 237 cm³/mol. The van der Waals surface area contributed by atoms with Crippen LogP contribution in [0, 0.1) is 0 Å². The van der Waals surface area contributed by atoms with Crippen molar-refractivity contribution in [1.82, 2.24) is 0 Å². The summed E-state index contributed by atoms with van der Waals surface area (Å²) in [6, 6.07) is 78.8. The summed E-state index contributed by atoms with van der Waals surface area (Å²) in [6.07, 6.45) is 0. The van der Waals surface area contributed by atoms with Crippen LogP contribution in [0.25, 0.3) is 53.2 Å². The zero-order valence-corrected chi connectivity index (χ0v) is 30.9. The number of fused-ring (bicyclic) bond motifs is 5. The van der Waals surface area contributed by atoms with Gasteiger partial charge in [-0.15, -0.1) is 11.3 Å². The minimum atomic E-state index is 1.09. The maximum absolute atomic E-state index is 2.45. The molecular formula is C52H36N2S. The average Bonchev–Trinajstić information content (AvgIpc) is 3.64. The van der Waals surface area contributed by atoms with Crippen LogP contribution in [-0.2, 0) is 0 Å². The number of rotatable bonds is 8. The van der Waals surface area contributed by atoms with E-state index in [2.05, 4.69) is 228 Å². The molecule has 1 aromatic heterocycles. The molecule has 0 atom stereocenters. The third-order valence-electron chi connectivity index (χ3n) is 10.4. The third kappa shape index (κ3) is 6.01. The van der Waals surface area contributed by atoms with Crippen LogP contribution in [0.15, 0.2) is 218 Å².